The van der Waals surface area contributed by atoms with Gasteiger partial charge in [0.25, 0.3) is 0 Å². The molecule has 7 heteroatoms. The highest BCUT2D eigenvalue weighted by Gasteiger charge is 2.22. The molecule has 1 unspecified atom stereocenters. The summed E-state index contributed by atoms with van der Waals surface area (Å²) in [6.07, 6.45) is 3.69. The minimum absolute atomic E-state index is 0.246. The van der Waals surface area contributed by atoms with E-state index < -0.39 is 18.0 Å². The van der Waals surface area contributed by atoms with Crippen molar-refractivity contribution in [1.29, 1.82) is 0 Å². The molecule has 0 aliphatic carbocycles. The van der Waals surface area contributed by atoms with E-state index in [2.05, 4.69) is 20.6 Å². The summed E-state index contributed by atoms with van der Waals surface area (Å²) in [5.74, 6) is -0.214. The molecule has 2 N–H and O–H groups in total. The maximum absolute atomic E-state index is 12.1. The first-order valence-corrected chi connectivity index (χ1v) is 7.35. The Morgan fingerprint density at radius 2 is 1.87 bits per heavy atom. The minimum atomic E-state index is -0.680. The van der Waals surface area contributed by atoms with Gasteiger partial charge in [-0.2, -0.15) is 0 Å². The van der Waals surface area contributed by atoms with E-state index in [0.717, 1.165) is 5.52 Å². The number of nitrogens with zero attached hydrogens (tertiary/aromatic N) is 2. The second-order valence-corrected chi connectivity index (χ2v) is 5.56. The van der Waals surface area contributed by atoms with Gasteiger partial charge in [-0.1, -0.05) is 13.8 Å². The van der Waals surface area contributed by atoms with Crippen molar-refractivity contribution >= 4 is 28.7 Å². The van der Waals surface area contributed by atoms with Gasteiger partial charge in [-0.3, -0.25) is 9.97 Å². The number of aromatic nitrogens is 2. The normalized spacial score (nSPS) is 12.0. The van der Waals surface area contributed by atoms with Crippen LogP contribution in [0, 0.1) is 5.92 Å². The molecule has 0 aliphatic rings. The van der Waals surface area contributed by atoms with Crippen LogP contribution in [0.15, 0.2) is 30.6 Å². The van der Waals surface area contributed by atoms with Crippen LogP contribution in [-0.4, -0.2) is 35.1 Å². The summed E-state index contributed by atoms with van der Waals surface area (Å²) >= 11 is 0. The summed E-state index contributed by atoms with van der Waals surface area (Å²) in [6, 6.07) is 4.07. The standard InChI is InChI=1S/C16H20N4O3/c1-10(2)8-14(15(21)23-3)20-16(22)19-11-4-5-12-13(9-11)18-7-6-17-12/h4-7,9-10,14H,8H2,1-3H3,(H2,19,20,22). The fourth-order valence-electron chi connectivity index (χ4n) is 2.19. The quantitative estimate of drug-likeness (QED) is 0.826. The average molecular weight is 316 g/mol. The van der Waals surface area contributed by atoms with Crippen LogP contribution in [0.3, 0.4) is 0 Å². The largest absolute Gasteiger partial charge is 0.467 e. The lowest BCUT2D eigenvalue weighted by Crippen LogP contribution is -2.44. The molecule has 0 bridgehead atoms. The maximum Gasteiger partial charge on any atom is 0.328 e. The zero-order chi connectivity index (χ0) is 16.8. The van der Waals surface area contributed by atoms with Crippen LogP contribution in [0.1, 0.15) is 20.3 Å². The molecule has 23 heavy (non-hydrogen) atoms. The van der Waals surface area contributed by atoms with E-state index in [1.165, 1.54) is 7.11 Å². The van der Waals surface area contributed by atoms with E-state index >= 15 is 0 Å². The number of carbonyl (C=O) groups excluding carboxylic acids is 2. The molecule has 2 amide bonds. The molecule has 1 aromatic heterocycles. The van der Waals surface area contributed by atoms with Gasteiger partial charge in [0.1, 0.15) is 6.04 Å². The number of carbonyl (C=O) groups is 2. The third-order valence-electron chi connectivity index (χ3n) is 3.23. The molecule has 1 aromatic carbocycles. The number of methoxy groups -OCH3 is 1. The third kappa shape index (κ3) is 4.64. The Labute approximate surface area is 134 Å². The number of nitrogens with one attached hydrogen (secondary N) is 2. The number of amides is 2. The molecule has 1 atom stereocenters. The van der Waals surface area contributed by atoms with E-state index in [1.807, 2.05) is 13.8 Å². The molecule has 0 saturated carbocycles. The first kappa shape index (κ1) is 16.7. The molecular formula is C16H20N4O3. The highest BCUT2D eigenvalue weighted by molar-refractivity contribution is 5.94. The van der Waals surface area contributed by atoms with Crippen molar-refractivity contribution in [3.8, 4) is 0 Å². The third-order valence-corrected chi connectivity index (χ3v) is 3.23. The highest BCUT2D eigenvalue weighted by Crippen LogP contribution is 2.15. The number of benzene rings is 1. The van der Waals surface area contributed by atoms with E-state index in [4.69, 9.17) is 4.74 Å². The van der Waals surface area contributed by atoms with Crippen molar-refractivity contribution in [3.63, 3.8) is 0 Å². The van der Waals surface area contributed by atoms with Crippen LogP contribution in [-0.2, 0) is 9.53 Å². The Bertz CT molecular complexity index is 703. The van der Waals surface area contributed by atoms with E-state index in [-0.39, 0.29) is 5.92 Å². The summed E-state index contributed by atoms with van der Waals surface area (Å²) < 4.78 is 4.72. The topological polar surface area (TPSA) is 93.2 Å². The lowest BCUT2D eigenvalue weighted by Gasteiger charge is -2.18. The summed E-state index contributed by atoms with van der Waals surface area (Å²) in [7, 11) is 1.30. The van der Waals surface area contributed by atoms with Gasteiger partial charge in [-0.05, 0) is 30.5 Å². The number of ether oxygens (including phenoxy) is 1. The monoisotopic (exact) mass is 316 g/mol. The number of anilines is 1. The van der Waals surface area contributed by atoms with Gasteiger partial charge in [0.15, 0.2) is 0 Å². The second kappa shape index (κ2) is 7.53. The first-order valence-electron chi connectivity index (χ1n) is 7.35. The number of esters is 1. The van der Waals surface area contributed by atoms with Crippen LogP contribution in [0.25, 0.3) is 11.0 Å². The van der Waals surface area contributed by atoms with Crippen LogP contribution in [0.5, 0.6) is 0 Å². The van der Waals surface area contributed by atoms with Crippen LogP contribution < -0.4 is 10.6 Å². The summed E-state index contributed by atoms with van der Waals surface area (Å²) in [5.41, 5.74) is 1.99. The number of fused-ring (bicyclic) bond motifs is 1. The van der Waals surface area contributed by atoms with Gasteiger partial charge in [-0.15, -0.1) is 0 Å². The van der Waals surface area contributed by atoms with Gasteiger partial charge >= 0.3 is 12.0 Å². The smallest absolute Gasteiger partial charge is 0.328 e. The van der Waals surface area contributed by atoms with E-state index in [9.17, 15) is 9.59 Å². The molecule has 0 saturated heterocycles. The zero-order valence-corrected chi connectivity index (χ0v) is 13.4. The Balaban J connectivity index is 2.05. The molecular weight excluding hydrogens is 296 g/mol. The molecule has 7 nitrogen and oxygen atoms in total. The van der Waals surface area contributed by atoms with E-state index in [1.54, 1.807) is 30.6 Å². The maximum atomic E-state index is 12.1. The fraction of sp³-hybridized carbons (Fsp3) is 0.375. The molecule has 0 radical (unpaired) electrons. The van der Waals surface area contributed by atoms with Gasteiger partial charge in [0.05, 0.1) is 18.1 Å². The van der Waals surface area contributed by atoms with Crippen LogP contribution >= 0.6 is 0 Å². The van der Waals surface area contributed by atoms with E-state index in [0.29, 0.717) is 17.6 Å². The number of hydrogen-bond acceptors (Lipinski definition) is 5. The molecule has 0 aliphatic heterocycles. The Hall–Kier alpha value is -2.70. The van der Waals surface area contributed by atoms with Gasteiger partial charge in [0, 0.05) is 18.1 Å². The molecule has 1 heterocycles. The van der Waals surface area contributed by atoms with Gasteiger partial charge in [-0.25, -0.2) is 9.59 Å². The number of urea groups is 1. The number of hydrogen-bond donors (Lipinski definition) is 2. The summed E-state index contributed by atoms with van der Waals surface area (Å²) in [4.78, 5) is 32.2. The van der Waals surface area contributed by atoms with Crippen molar-refractivity contribution in [2.75, 3.05) is 12.4 Å². The van der Waals surface area contributed by atoms with Crippen LogP contribution in [0.4, 0.5) is 10.5 Å². The van der Waals surface area contributed by atoms with Crippen molar-refractivity contribution < 1.29 is 14.3 Å². The van der Waals surface area contributed by atoms with Crippen molar-refractivity contribution in [2.45, 2.75) is 26.3 Å². The molecule has 0 fully saturated rings. The molecule has 122 valence electrons. The predicted octanol–water partition coefficient (Wildman–Crippen LogP) is 2.34. The minimum Gasteiger partial charge on any atom is -0.467 e. The predicted molar refractivity (Wildman–Crippen MR) is 87.0 cm³/mol. The zero-order valence-electron chi connectivity index (χ0n) is 13.4. The summed E-state index contributed by atoms with van der Waals surface area (Å²) in [6.45, 7) is 3.94. The molecule has 2 rings (SSSR count). The lowest BCUT2D eigenvalue weighted by atomic mass is 10.0. The second-order valence-electron chi connectivity index (χ2n) is 5.56. The lowest BCUT2D eigenvalue weighted by molar-refractivity contribution is -0.143. The van der Waals surface area contributed by atoms with Crippen molar-refractivity contribution in [1.82, 2.24) is 15.3 Å². The SMILES string of the molecule is COC(=O)C(CC(C)C)NC(=O)Nc1ccc2nccnc2c1. The first-order chi connectivity index (χ1) is 11.0. The van der Waals surface area contributed by atoms with Crippen LogP contribution in [0.2, 0.25) is 0 Å². The average Bonchev–Trinajstić information content (AvgIpc) is 2.52. The fourth-order valence-corrected chi connectivity index (χ4v) is 2.19. The Morgan fingerprint density at radius 1 is 1.17 bits per heavy atom. The summed E-state index contributed by atoms with van der Waals surface area (Å²) in [5, 5.41) is 5.33. The van der Waals surface area contributed by atoms with Gasteiger partial charge < -0.3 is 15.4 Å². The highest BCUT2D eigenvalue weighted by atomic mass is 16.5. The number of rotatable bonds is 5. The van der Waals surface area contributed by atoms with Crippen molar-refractivity contribution in [2.24, 2.45) is 5.92 Å². The Kier molecular flexibility index (Phi) is 5.46. The van der Waals surface area contributed by atoms with Gasteiger partial charge in [0.2, 0.25) is 0 Å². The molecule has 0 spiro atoms. The van der Waals surface area contributed by atoms with Crippen molar-refractivity contribution in [3.05, 3.63) is 30.6 Å². The molecule has 2 aromatic rings. The Morgan fingerprint density at radius 3 is 2.52 bits per heavy atom.